The van der Waals surface area contributed by atoms with Crippen LogP contribution in [0.3, 0.4) is 0 Å². The third-order valence-corrected chi connectivity index (χ3v) is 4.71. The molecule has 8 heteroatoms. The second kappa shape index (κ2) is 6.59. The summed E-state index contributed by atoms with van der Waals surface area (Å²) in [5.74, 6) is -2.57. The van der Waals surface area contributed by atoms with Crippen LogP contribution in [-0.2, 0) is 14.3 Å². The first-order valence-electron chi connectivity index (χ1n) is 7.18. The quantitative estimate of drug-likeness (QED) is 0.397. The zero-order chi connectivity index (χ0) is 15.3. The predicted molar refractivity (Wildman–Crippen MR) is 67.4 cm³/mol. The molecule has 0 aromatic rings. The summed E-state index contributed by atoms with van der Waals surface area (Å²) in [7, 11) is 0. The van der Waals surface area contributed by atoms with Crippen LogP contribution in [-0.4, -0.2) is 58.5 Å². The van der Waals surface area contributed by atoms with Crippen molar-refractivity contribution >= 4 is 11.9 Å². The van der Waals surface area contributed by atoms with E-state index in [1.807, 2.05) is 0 Å². The van der Waals surface area contributed by atoms with Gasteiger partial charge in [0.25, 0.3) is 0 Å². The molecule has 116 valence electrons. The summed E-state index contributed by atoms with van der Waals surface area (Å²) in [6.45, 7) is 1.91. The van der Waals surface area contributed by atoms with Gasteiger partial charge in [0, 0.05) is 13.2 Å². The first kappa shape index (κ1) is 17.9. The fourth-order valence-electron chi connectivity index (χ4n) is 3.84. The number of fused-ring (bicyclic) bond motifs is 3. The average Bonchev–Trinajstić information content (AvgIpc) is 2.70. The number of carbonyl (C=O) groups is 2. The summed E-state index contributed by atoms with van der Waals surface area (Å²) in [5.41, 5.74) is 0.418. The first-order valence-corrected chi connectivity index (χ1v) is 7.18. The number of carboxylic acid groups (broad SMARTS) is 1. The fourth-order valence-corrected chi connectivity index (χ4v) is 3.84. The number of aliphatic hydroxyl groups is 2. The molecule has 5 atom stereocenters. The molecule has 2 fully saturated rings. The van der Waals surface area contributed by atoms with E-state index >= 15 is 0 Å². The third-order valence-electron chi connectivity index (χ3n) is 4.71. The van der Waals surface area contributed by atoms with Crippen molar-refractivity contribution in [3.8, 4) is 0 Å². The molecule has 2 N–H and O–H groups in total. The SMILES string of the molecule is C[C@@H](O)[C@H]1C(=O)N2C(C(=O)[O-])=C3[C@H](CCO)CCO[C@@H]3[C@H]12.[Na+]. The van der Waals surface area contributed by atoms with Gasteiger partial charge in [0.1, 0.15) is 6.10 Å². The van der Waals surface area contributed by atoms with Crippen LogP contribution in [0.2, 0.25) is 0 Å². The summed E-state index contributed by atoms with van der Waals surface area (Å²) >= 11 is 0. The third kappa shape index (κ3) is 2.44. The van der Waals surface area contributed by atoms with E-state index in [0.29, 0.717) is 25.0 Å². The number of nitrogens with zero attached hydrogens (tertiary/aromatic N) is 1. The summed E-state index contributed by atoms with van der Waals surface area (Å²) in [6, 6.07) is -0.470. The van der Waals surface area contributed by atoms with Crippen LogP contribution in [0.15, 0.2) is 11.3 Å². The van der Waals surface area contributed by atoms with Crippen LogP contribution in [0, 0.1) is 11.8 Å². The largest absolute Gasteiger partial charge is 1.00 e. The molecule has 3 aliphatic heterocycles. The Morgan fingerprint density at radius 3 is 2.77 bits per heavy atom. The van der Waals surface area contributed by atoms with Gasteiger partial charge < -0.3 is 29.8 Å². The van der Waals surface area contributed by atoms with Gasteiger partial charge in [0.05, 0.1) is 29.7 Å². The molecule has 7 nitrogen and oxygen atoms in total. The molecule has 0 aromatic heterocycles. The Kier molecular flexibility index (Phi) is 5.36. The molecule has 1 amide bonds. The first-order chi connectivity index (χ1) is 9.99. The molecule has 0 spiro atoms. The number of β-lactam (4-membered cyclic amide) rings is 1. The van der Waals surface area contributed by atoms with E-state index in [1.54, 1.807) is 0 Å². The smallest absolute Gasteiger partial charge is 0.543 e. The molecule has 0 saturated carbocycles. The number of aliphatic hydroxyl groups excluding tert-OH is 2. The van der Waals surface area contributed by atoms with Crippen molar-refractivity contribution in [3.05, 3.63) is 11.3 Å². The molecular weight excluding hydrogens is 301 g/mol. The Balaban J connectivity index is 0.00000176. The minimum absolute atomic E-state index is 0. The van der Waals surface area contributed by atoms with Crippen LogP contribution in [0.4, 0.5) is 0 Å². The monoisotopic (exact) mass is 319 g/mol. The molecule has 0 radical (unpaired) electrons. The molecule has 0 unspecified atom stereocenters. The van der Waals surface area contributed by atoms with E-state index in [0.717, 1.165) is 0 Å². The predicted octanol–water partition coefficient (Wildman–Crippen LogP) is -5.00. The van der Waals surface area contributed by atoms with Gasteiger partial charge in [0.15, 0.2) is 0 Å². The number of rotatable bonds is 4. The van der Waals surface area contributed by atoms with Gasteiger partial charge in [-0.3, -0.25) is 4.79 Å². The number of carboxylic acids is 1. The summed E-state index contributed by atoms with van der Waals surface area (Å²) in [4.78, 5) is 24.8. The summed E-state index contributed by atoms with van der Waals surface area (Å²) in [6.07, 6.45) is -0.333. The van der Waals surface area contributed by atoms with Crippen LogP contribution in [0.1, 0.15) is 19.8 Å². The standard InChI is InChI=1S/C14H19NO6.Na/c1-6(17)8-10-12-9(7(2-4-16)3-5-21-12)11(14(19)20)15(10)13(8)18;/h6-8,10,12,16-17H,2-5H2,1H3,(H,19,20);/q;+1/p-1/t6-,7-,8-,10+,12+;/m1./s1. The zero-order valence-electron chi connectivity index (χ0n) is 12.7. The zero-order valence-corrected chi connectivity index (χ0v) is 14.7. The van der Waals surface area contributed by atoms with Gasteiger partial charge in [-0.1, -0.05) is 0 Å². The van der Waals surface area contributed by atoms with Crippen LogP contribution in [0.25, 0.3) is 0 Å². The minimum Gasteiger partial charge on any atom is -0.543 e. The molecule has 0 aliphatic carbocycles. The van der Waals surface area contributed by atoms with E-state index in [9.17, 15) is 19.8 Å². The number of hydrogen-bond acceptors (Lipinski definition) is 6. The van der Waals surface area contributed by atoms with E-state index in [1.165, 1.54) is 11.8 Å². The molecule has 2 saturated heterocycles. The molecule has 0 aromatic carbocycles. The molecular formula is C14H18NNaO6. The fraction of sp³-hybridized carbons (Fsp3) is 0.714. The second-order valence-corrected chi connectivity index (χ2v) is 5.85. The number of amides is 1. The van der Waals surface area contributed by atoms with Crippen LogP contribution >= 0.6 is 0 Å². The van der Waals surface area contributed by atoms with Gasteiger partial charge in [0.2, 0.25) is 5.91 Å². The van der Waals surface area contributed by atoms with E-state index in [2.05, 4.69) is 0 Å². The normalized spacial score (nSPS) is 34.5. The minimum atomic E-state index is -1.40. The van der Waals surface area contributed by atoms with Gasteiger partial charge >= 0.3 is 29.6 Å². The van der Waals surface area contributed by atoms with Crippen molar-refractivity contribution in [2.75, 3.05) is 13.2 Å². The Hall–Kier alpha value is -0.440. The number of aliphatic carboxylic acids is 1. The van der Waals surface area contributed by atoms with Crippen molar-refractivity contribution in [1.29, 1.82) is 0 Å². The van der Waals surface area contributed by atoms with Gasteiger partial charge in [-0.05, 0) is 31.3 Å². The van der Waals surface area contributed by atoms with Crippen molar-refractivity contribution in [1.82, 2.24) is 4.90 Å². The van der Waals surface area contributed by atoms with Gasteiger partial charge in [-0.2, -0.15) is 0 Å². The topological polar surface area (TPSA) is 110 Å². The summed E-state index contributed by atoms with van der Waals surface area (Å²) in [5, 5.41) is 30.4. The van der Waals surface area contributed by atoms with Crippen molar-refractivity contribution in [2.45, 2.75) is 38.0 Å². The summed E-state index contributed by atoms with van der Waals surface area (Å²) < 4.78 is 5.69. The van der Waals surface area contributed by atoms with Crippen LogP contribution in [0.5, 0.6) is 0 Å². The second-order valence-electron chi connectivity index (χ2n) is 5.85. The number of ether oxygens (including phenoxy) is 1. The van der Waals surface area contributed by atoms with Gasteiger partial charge in [-0.25, -0.2) is 0 Å². The van der Waals surface area contributed by atoms with Gasteiger partial charge in [-0.15, -0.1) is 0 Å². The number of carbonyl (C=O) groups excluding carboxylic acids is 2. The van der Waals surface area contributed by atoms with E-state index in [4.69, 9.17) is 9.84 Å². The molecule has 3 aliphatic rings. The number of hydrogen-bond donors (Lipinski definition) is 2. The Labute approximate surface area is 150 Å². The molecule has 0 bridgehead atoms. The van der Waals surface area contributed by atoms with Crippen molar-refractivity contribution < 1.29 is 59.2 Å². The molecule has 22 heavy (non-hydrogen) atoms. The Morgan fingerprint density at radius 2 is 2.23 bits per heavy atom. The maximum absolute atomic E-state index is 12.1. The maximum Gasteiger partial charge on any atom is 1.00 e. The Bertz CT molecular complexity index is 517. The maximum atomic E-state index is 12.1. The molecule has 3 heterocycles. The Morgan fingerprint density at radius 1 is 1.55 bits per heavy atom. The van der Waals surface area contributed by atoms with Crippen LogP contribution < -0.4 is 34.7 Å². The average molecular weight is 319 g/mol. The van der Waals surface area contributed by atoms with Crippen molar-refractivity contribution in [3.63, 3.8) is 0 Å². The van der Waals surface area contributed by atoms with Crippen molar-refractivity contribution in [2.24, 2.45) is 11.8 Å². The molecule has 3 rings (SSSR count). The van der Waals surface area contributed by atoms with E-state index < -0.39 is 36.0 Å². The van der Waals surface area contributed by atoms with E-state index in [-0.39, 0.29) is 47.8 Å².